The van der Waals surface area contributed by atoms with Crippen LogP contribution in [0.5, 0.6) is 0 Å². The molecule has 0 aromatic carbocycles. The van der Waals surface area contributed by atoms with E-state index in [1.54, 1.807) is 0 Å². The molecule has 0 heterocycles. The zero-order valence-electron chi connectivity index (χ0n) is 10.9. The first-order valence-corrected chi connectivity index (χ1v) is 5.14. The molecule has 0 radical (unpaired) electrons. The predicted octanol–water partition coefficient (Wildman–Crippen LogP) is 3.51. The van der Waals surface area contributed by atoms with Crippen molar-refractivity contribution in [2.75, 3.05) is 0 Å². The molecular formula is C12H24N2. The second kappa shape index (κ2) is 4.24. The van der Waals surface area contributed by atoms with Crippen LogP contribution in [0.25, 0.3) is 0 Å². The Hall–Kier alpha value is -0.660. The highest BCUT2D eigenvalue weighted by molar-refractivity contribution is 6.40. The zero-order chi connectivity index (χ0) is 11.6. The zero-order valence-corrected chi connectivity index (χ0v) is 10.9. The molecule has 0 spiro atoms. The molecule has 0 bridgehead atoms. The van der Waals surface area contributed by atoms with E-state index in [9.17, 15) is 0 Å². The second-order valence-corrected chi connectivity index (χ2v) is 5.74. The Morgan fingerprint density at radius 2 is 0.857 bits per heavy atom. The Morgan fingerprint density at radius 1 is 0.643 bits per heavy atom. The summed E-state index contributed by atoms with van der Waals surface area (Å²) in [5, 5.41) is 0. The number of rotatable bonds is 1. The Bertz CT molecular complexity index is 218. The number of aliphatic imine (C=N–C) groups is 2. The van der Waals surface area contributed by atoms with Gasteiger partial charge in [0, 0.05) is 0 Å². The normalized spacial score (nSPS) is 16.0. The quantitative estimate of drug-likeness (QED) is 0.573. The van der Waals surface area contributed by atoms with Crippen LogP contribution < -0.4 is 0 Å². The molecule has 0 unspecified atom stereocenters. The van der Waals surface area contributed by atoms with Crippen LogP contribution in [0.2, 0.25) is 0 Å². The third kappa shape index (κ3) is 6.81. The highest BCUT2D eigenvalue weighted by Gasteiger charge is 2.11. The van der Waals surface area contributed by atoms with Crippen LogP contribution in [0.15, 0.2) is 9.98 Å². The number of nitrogens with zero attached hydrogens (tertiary/aromatic N) is 2. The van der Waals surface area contributed by atoms with Crippen molar-refractivity contribution < 1.29 is 0 Å². The minimum atomic E-state index is -0.0151. The van der Waals surface area contributed by atoms with Gasteiger partial charge in [-0.15, -0.1) is 0 Å². The summed E-state index contributed by atoms with van der Waals surface area (Å²) in [6, 6.07) is 0. The van der Waals surface area contributed by atoms with Gasteiger partial charge in [0.05, 0.1) is 22.5 Å². The molecule has 0 aliphatic heterocycles. The van der Waals surface area contributed by atoms with E-state index in [1.165, 1.54) is 0 Å². The molecular weight excluding hydrogens is 172 g/mol. The van der Waals surface area contributed by atoms with Gasteiger partial charge in [-0.05, 0) is 55.4 Å². The summed E-state index contributed by atoms with van der Waals surface area (Å²) in [7, 11) is 0. The van der Waals surface area contributed by atoms with Gasteiger partial charge in [0.1, 0.15) is 0 Å². The van der Waals surface area contributed by atoms with E-state index in [-0.39, 0.29) is 11.1 Å². The van der Waals surface area contributed by atoms with Gasteiger partial charge in [0.25, 0.3) is 0 Å². The van der Waals surface area contributed by atoms with Crippen LogP contribution in [-0.2, 0) is 0 Å². The molecule has 0 aromatic heterocycles. The maximum Gasteiger partial charge on any atom is 0.0531 e. The molecule has 0 atom stereocenters. The lowest BCUT2D eigenvalue weighted by molar-refractivity contribution is 0.578. The van der Waals surface area contributed by atoms with Gasteiger partial charge in [-0.3, -0.25) is 9.98 Å². The van der Waals surface area contributed by atoms with E-state index in [1.807, 2.05) is 13.8 Å². The first kappa shape index (κ1) is 13.3. The lowest BCUT2D eigenvalue weighted by Gasteiger charge is -2.17. The summed E-state index contributed by atoms with van der Waals surface area (Å²) < 4.78 is 0. The van der Waals surface area contributed by atoms with Gasteiger partial charge in [0.15, 0.2) is 0 Å². The highest BCUT2D eigenvalue weighted by Crippen LogP contribution is 2.10. The molecule has 2 heteroatoms. The van der Waals surface area contributed by atoms with Crippen LogP contribution >= 0.6 is 0 Å². The third-order valence-electron chi connectivity index (χ3n) is 1.53. The average molecular weight is 196 g/mol. The van der Waals surface area contributed by atoms with E-state index in [2.05, 4.69) is 51.5 Å². The SMILES string of the molecule is CC(=N\C(C)(C)C)/C(C)=N/C(C)(C)C. The van der Waals surface area contributed by atoms with Crippen molar-refractivity contribution >= 4 is 11.4 Å². The largest absolute Gasteiger partial charge is 0.282 e. The van der Waals surface area contributed by atoms with Crippen molar-refractivity contribution in [3.05, 3.63) is 0 Å². The van der Waals surface area contributed by atoms with Crippen molar-refractivity contribution in [1.82, 2.24) is 0 Å². The first-order valence-electron chi connectivity index (χ1n) is 5.14. The van der Waals surface area contributed by atoms with Crippen LogP contribution in [0.4, 0.5) is 0 Å². The molecule has 14 heavy (non-hydrogen) atoms. The van der Waals surface area contributed by atoms with Gasteiger partial charge in [0.2, 0.25) is 0 Å². The topological polar surface area (TPSA) is 24.7 Å². The van der Waals surface area contributed by atoms with Crippen LogP contribution in [0.1, 0.15) is 55.4 Å². The number of hydrogen-bond acceptors (Lipinski definition) is 2. The van der Waals surface area contributed by atoms with Crippen LogP contribution in [0.3, 0.4) is 0 Å². The second-order valence-electron chi connectivity index (χ2n) is 5.74. The summed E-state index contributed by atoms with van der Waals surface area (Å²) in [6.45, 7) is 16.6. The summed E-state index contributed by atoms with van der Waals surface area (Å²) in [5.74, 6) is 0. The van der Waals surface area contributed by atoms with Crippen LogP contribution in [0, 0.1) is 0 Å². The molecule has 82 valence electrons. The van der Waals surface area contributed by atoms with Gasteiger partial charge < -0.3 is 0 Å². The van der Waals surface area contributed by atoms with E-state index in [4.69, 9.17) is 0 Å². The van der Waals surface area contributed by atoms with E-state index >= 15 is 0 Å². The van der Waals surface area contributed by atoms with Crippen molar-refractivity contribution in [3.8, 4) is 0 Å². The molecule has 0 saturated heterocycles. The van der Waals surface area contributed by atoms with Crippen molar-refractivity contribution in [2.24, 2.45) is 9.98 Å². The fraction of sp³-hybridized carbons (Fsp3) is 0.833. The fourth-order valence-electron chi connectivity index (χ4n) is 1.17. The van der Waals surface area contributed by atoms with E-state index in [0.29, 0.717) is 0 Å². The third-order valence-corrected chi connectivity index (χ3v) is 1.53. The van der Waals surface area contributed by atoms with Gasteiger partial charge in [-0.2, -0.15) is 0 Å². The summed E-state index contributed by atoms with van der Waals surface area (Å²) in [5.41, 5.74) is 2.04. The lowest BCUT2D eigenvalue weighted by Crippen LogP contribution is -2.20. The van der Waals surface area contributed by atoms with E-state index < -0.39 is 0 Å². The Morgan fingerprint density at radius 3 is 1.00 bits per heavy atom. The van der Waals surface area contributed by atoms with Crippen molar-refractivity contribution in [2.45, 2.75) is 66.5 Å². The van der Waals surface area contributed by atoms with E-state index in [0.717, 1.165) is 11.4 Å². The maximum atomic E-state index is 4.58. The van der Waals surface area contributed by atoms with Crippen molar-refractivity contribution in [3.63, 3.8) is 0 Å². The first-order chi connectivity index (χ1) is 6.01. The Balaban J connectivity index is 4.81. The standard InChI is InChI=1S/C12H24N2/c1-9(13-11(3,4)5)10(2)14-12(6,7)8/h1-8H3/b13-9+,14-10+. The molecule has 0 aliphatic carbocycles. The molecule has 0 saturated carbocycles. The van der Waals surface area contributed by atoms with Crippen LogP contribution in [-0.4, -0.2) is 22.5 Å². The van der Waals surface area contributed by atoms with Gasteiger partial charge in [-0.1, -0.05) is 0 Å². The molecule has 0 aliphatic rings. The smallest absolute Gasteiger partial charge is 0.0531 e. The minimum absolute atomic E-state index is 0.0151. The van der Waals surface area contributed by atoms with Gasteiger partial charge in [-0.25, -0.2) is 0 Å². The molecule has 0 amide bonds. The summed E-state index contributed by atoms with van der Waals surface area (Å²) >= 11 is 0. The lowest BCUT2D eigenvalue weighted by atomic mass is 10.1. The maximum absolute atomic E-state index is 4.58. The Kier molecular flexibility index (Phi) is 4.04. The molecule has 0 fully saturated rings. The van der Waals surface area contributed by atoms with Gasteiger partial charge >= 0.3 is 0 Å². The summed E-state index contributed by atoms with van der Waals surface area (Å²) in [4.78, 5) is 9.16. The molecule has 0 N–H and O–H groups in total. The molecule has 0 rings (SSSR count). The van der Waals surface area contributed by atoms with Crippen molar-refractivity contribution in [1.29, 1.82) is 0 Å². The molecule has 2 nitrogen and oxygen atoms in total. The molecule has 0 aromatic rings. The minimum Gasteiger partial charge on any atom is -0.282 e. The summed E-state index contributed by atoms with van der Waals surface area (Å²) in [6.07, 6.45) is 0. The fourth-order valence-corrected chi connectivity index (χ4v) is 1.17. The monoisotopic (exact) mass is 196 g/mol. The highest BCUT2D eigenvalue weighted by atomic mass is 14.9. The Labute approximate surface area is 88.5 Å². The predicted molar refractivity (Wildman–Crippen MR) is 65.7 cm³/mol. The number of hydrogen-bond donors (Lipinski definition) is 0. The average Bonchev–Trinajstić information content (AvgIpc) is 1.78.